The highest BCUT2D eigenvalue weighted by Crippen LogP contribution is 2.35. The normalized spacial score (nSPS) is 11.2. The quantitative estimate of drug-likeness (QED) is 0.272. The van der Waals surface area contributed by atoms with Crippen LogP contribution in [0.4, 0.5) is 13.2 Å². The van der Waals surface area contributed by atoms with Crippen molar-refractivity contribution in [2.24, 2.45) is 7.05 Å². The zero-order chi connectivity index (χ0) is 28.9. The van der Waals surface area contributed by atoms with Gasteiger partial charge < -0.3 is 0 Å². The maximum Gasteiger partial charge on any atom is 0.332 e. The van der Waals surface area contributed by atoms with E-state index in [1.54, 1.807) is 7.05 Å². The molecule has 0 atom stereocenters. The molecule has 8 nitrogen and oxygen atoms in total. The summed E-state index contributed by atoms with van der Waals surface area (Å²) in [7, 11) is 1.60. The highest BCUT2D eigenvalue weighted by atomic mass is 35.5. The van der Waals surface area contributed by atoms with E-state index in [4.69, 9.17) is 23.2 Å². The molecule has 2 aromatic heterocycles. The van der Waals surface area contributed by atoms with Crippen LogP contribution in [0.1, 0.15) is 22.5 Å². The van der Waals surface area contributed by atoms with Crippen molar-refractivity contribution in [2.45, 2.75) is 20.0 Å². The first-order valence-corrected chi connectivity index (χ1v) is 12.4. The summed E-state index contributed by atoms with van der Waals surface area (Å²) in [6.07, 6.45) is 1.37. The van der Waals surface area contributed by atoms with Gasteiger partial charge in [0.05, 0.1) is 40.6 Å². The second-order valence-electron chi connectivity index (χ2n) is 9.03. The van der Waals surface area contributed by atoms with E-state index in [1.165, 1.54) is 42.2 Å². The summed E-state index contributed by atoms with van der Waals surface area (Å²) in [5, 5.41) is 12.7. The third-order valence-electron chi connectivity index (χ3n) is 6.42. The molecule has 13 heteroatoms. The van der Waals surface area contributed by atoms with Crippen LogP contribution in [0.15, 0.2) is 52.3 Å². The van der Waals surface area contributed by atoms with E-state index in [9.17, 15) is 23.6 Å². The number of aromatic nitrogens is 5. The van der Waals surface area contributed by atoms with Crippen LogP contribution < -0.4 is 11.2 Å². The highest BCUT2D eigenvalue weighted by Gasteiger charge is 2.23. The van der Waals surface area contributed by atoms with Crippen molar-refractivity contribution in [3.63, 3.8) is 0 Å². The number of aryl methyl sites for hydroxylation is 1. The van der Waals surface area contributed by atoms with Crippen LogP contribution in [-0.2, 0) is 20.1 Å². The van der Waals surface area contributed by atoms with E-state index in [1.807, 2.05) is 6.07 Å². The number of fused-ring (bicyclic) bond motifs is 1. The number of benzene rings is 3. The van der Waals surface area contributed by atoms with E-state index in [0.717, 1.165) is 21.3 Å². The molecule has 3 aromatic carbocycles. The van der Waals surface area contributed by atoms with Crippen LogP contribution in [0.5, 0.6) is 0 Å². The van der Waals surface area contributed by atoms with Gasteiger partial charge in [0.15, 0.2) is 17.5 Å². The molecule has 202 valence electrons. The molecule has 0 unspecified atom stereocenters. The molecule has 0 bridgehead atoms. The lowest BCUT2D eigenvalue weighted by Crippen LogP contribution is -2.41. The molecule has 5 aromatic rings. The average molecular weight is 585 g/mol. The summed E-state index contributed by atoms with van der Waals surface area (Å²) in [6, 6.07) is 9.81. The summed E-state index contributed by atoms with van der Waals surface area (Å²) in [5.74, 6) is -3.30. The maximum absolute atomic E-state index is 16.1. The summed E-state index contributed by atoms with van der Waals surface area (Å²) < 4.78 is 47.3. The van der Waals surface area contributed by atoms with Gasteiger partial charge in [-0.25, -0.2) is 22.9 Å². The number of hydrogen-bond donors (Lipinski definition) is 0. The minimum Gasteiger partial charge on any atom is -0.289 e. The van der Waals surface area contributed by atoms with Crippen molar-refractivity contribution < 1.29 is 13.2 Å². The third-order valence-corrected chi connectivity index (χ3v) is 7.02. The van der Waals surface area contributed by atoms with E-state index in [0.29, 0.717) is 5.56 Å². The summed E-state index contributed by atoms with van der Waals surface area (Å²) in [6.45, 7) is 0.674. The van der Waals surface area contributed by atoms with Gasteiger partial charge in [0.2, 0.25) is 0 Å². The Bertz CT molecular complexity index is 1990. The standard InChI is InChI=1S/C27H17Cl2F3N6O2/c1-13-16(17-5-14(9-33)3-4-18(17)28)8-21-23(24(13)31)26(39)38(11-22-34-12-36(2)35-22)27(40)37(21)10-15-6-19(29)25(32)20(30)7-15/h3-8,12H,10-11H2,1-2H3. The minimum atomic E-state index is -1.26. The average Bonchev–Trinajstić information content (AvgIpc) is 3.34. The molecular weight excluding hydrogens is 568 g/mol. The Kier molecular flexibility index (Phi) is 6.99. The molecular formula is C27H17Cl2F3N6O2. The van der Waals surface area contributed by atoms with Gasteiger partial charge in [-0.3, -0.25) is 18.6 Å². The Hall–Kier alpha value is -4.40. The molecule has 5 rings (SSSR count). The third kappa shape index (κ3) is 4.65. The topological polar surface area (TPSA) is 98.5 Å². The van der Waals surface area contributed by atoms with Crippen LogP contribution in [0.25, 0.3) is 22.0 Å². The Balaban J connectivity index is 1.85. The molecule has 0 aliphatic carbocycles. The van der Waals surface area contributed by atoms with E-state index in [-0.39, 0.29) is 45.2 Å². The minimum absolute atomic E-state index is 0.0465. The highest BCUT2D eigenvalue weighted by molar-refractivity contribution is 6.33. The Labute approximate surface area is 234 Å². The predicted octanol–water partition coefficient (Wildman–Crippen LogP) is 4.96. The van der Waals surface area contributed by atoms with Crippen LogP contribution in [0.2, 0.25) is 10.0 Å². The van der Waals surface area contributed by atoms with Gasteiger partial charge in [-0.1, -0.05) is 23.2 Å². The monoisotopic (exact) mass is 584 g/mol. The van der Waals surface area contributed by atoms with Crippen LogP contribution in [0.3, 0.4) is 0 Å². The Morgan fingerprint density at radius 1 is 0.950 bits per heavy atom. The first-order chi connectivity index (χ1) is 19.0. The van der Waals surface area contributed by atoms with Crippen molar-refractivity contribution >= 4 is 34.1 Å². The van der Waals surface area contributed by atoms with Crippen molar-refractivity contribution in [1.82, 2.24) is 23.9 Å². The van der Waals surface area contributed by atoms with Gasteiger partial charge in [0.1, 0.15) is 12.1 Å². The lowest BCUT2D eigenvalue weighted by molar-refractivity contribution is 0.506. The van der Waals surface area contributed by atoms with Crippen LogP contribution >= 0.6 is 23.2 Å². The van der Waals surface area contributed by atoms with Crippen molar-refractivity contribution in [1.29, 1.82) is 5.26 Å². The fourth-order valence-electron chi connectivity index (χ4n) is 4.48. The zero-order valence-electron chi connectivity index (χ0n) is 20.8. The smallest absolute Gasteiger partial charge is 0.289 e. The Morgan fingerprint density at radius 2 is 1.70 bits per heavy atom. The van der Waals surface area contributed by atoms with Gasteiger partial charge in [0, 0.05) is 17.6 Å². The number of nitriles is 1. The number of hydrogen-bond acceptors (Lipinski definition) is 5. The molecule has 0 fully saturated rings. The molecule has 0 N–H and O–H groups in total. The van der Waals surface area contributed by atoms with Crippen LogP contribution in [0, 0.1) is 35.7 Å². The van der Waals surface area contributed by atoms with Gasteiger partial charge >= 0.3 is 5.69 Å². The molecule has 0 spiro atoms. The fraction of sp³-hybridized carbons (Fsp3) is 0.148. The number of rotatable bonds is 5. The molecule has 2 heterocycles. The van der Waals surface area contributed by atoms with E-state index < -0.39 is 45.7 Å². The van der Waals surface area contributed by atoms with Gasteiger partial charge in [0.25, 0.3) is 5.56 Å². The molecule has 40 heavy (non-hydrogen) atoms. The largest absolute Gasteiger partial charge is 0.332 e. The second-order valence-corrected chi connectivity index (χ2v) is 9.85. The summed E-state index contributed by atoms with van der Waals surface area (Å²) in [5.41, 5.74) is -1.02. The van der Waals surface area contributed by atoms with E-state index >= 15 is 4.39 Å². The number of halogens is 5. The van der Waals surface area contributed by atoms with Crippen molar-refractivity contribution in [3.8, 4) is 17.2 Å². The summed E-state index contributed by atoms with van der Waals surface area (Å²) in [4.78, 5) is 31.3. The molecule has 0 amide bonds. The molecule has 0 aliphatic heterocycles. The maximum atomic E-state index is 16.1. The first-order valence-electron chi connectivity index (χ1n) is 11.6. The van der Waals surface area contributed by atoms with Crippen molar-refractivity contribution in [3.05, 3.63) is 114 Å². The zero-order valence-corrected chi connectivity index (χ0v) is 22.4. The Morgan fingerprint density at radius 3 is 2.35 bits per heavy atom. The van der Waals surface area contributed by atoms with Gasteiger partial charge in [-0.05, 0) is 60.0 Å². The molecule has 0 saturated carbocycles. The first kappa shape index (κ1) is 27.2. The number of nitrogens with zero attached hydrogens (tertiary/aromatic N) is 6. The van der Waals surface area contributed by atoms with E-state index in [2.05, 4.69) is 10.1 Å². The predicted molar refractivity (Wildman–Crippen MR) is 143 cm³/mol. The lowest BCUT2D eigenvalue weighted by Gasteiger charge is -2.18. The fourth-order valence-corrected chi connectivity index (χ4v) is 4.92. The van der Waals surface area contributed by atoms with Crippen molar-refractivity contribution in [2.75, 3.05) is 0 Å². The molecule has 0 aliphatic rings. The molecule has 0 radical (unpaired) electrons. The van der Waals surface area contributed by atoms with Crippen LogP contribution in [-0.4, -0.2) is 23.9 Å². The van der Waals surface area contributed by atoms with Gasteiger partial charge in [-0.2, -0.15) is 10.4 Å². The molecule has 0 saturated heterocycles. The lowest BCUT2D eigenvalue weighted by atomic mass is 9.96. The SMILES string of the molecule is Cc1c(-c2cc(C#N)ccc2Cl)cc2c(c1F)c(=O)n(Cc1ncn(C)n1)c(=O)n2Cc1cc(F)c(F)c(Cl)c1. The summed E-state index contributed by atoms with van der Waals surface area (Å²) >= 11 is 12.2. The van der Waals surface area contributed by atoms with Gasteiger partial charge in [-0.15, -0.1) is 0 Å². The second kappa shape index (κ2) is 10.3.